The molecule has 0 aliphatic carbocycles. The van der Waals surface area contributed by atoms with Crippen LogP contribution in [-0.4, -0.2) is 28.7 Å². The Hall–Kier alpha value is -1.96. The van der Waals surface area contributed by atoms with E-state index in [-0.39, 0.29) is 17.2 Å². The van der Waals surface area contributed by atoms with Crippen LogP contribution in [0.4, 0.5) is 5.13 Å². The van der Waals surface area contributed by atoms with Crippen LogP contribution >= 0.6 is 11.3 Å². The van der Waals surface area contributed by atoms with Gasteiger partial charge in [0.15, 0.2) is 5.13 Å². The van der Waals surface area contributed by atoms with Crippen LogP contribution in [0, 0.1) is 0 Å². The van der Waals surface area contributed by atoms with Gasteiger partial charge < -0.3 is 11.1 Å². The highest BCUT2D eigenvalue weighted by Gasteiger charge is 2.32. The highest BCUT2D eigenvalue weighted by atomic mass is 32.1. The van der Waals surface area contributed by atoms with Crippen molar-refractivity contribution in [3.8, 4) is 0 Å². The van der Waals surface area contributed by atoms with Crippen molar-refractivity contribution in [2.45, 2.75) is 12.5 Å². The molecule has 0 saturated carbocycles. The molecule has 4 N–H and O–H groups in total. The lowest BCUT2D eigenvalue weighted by molar-refractivity contribution is -0.125. The van der Waals surface area contributed by atoms with Crippen LogP contribution in [0.15, 0.2) is 5.38 Å². The number of nitrogen functional groups attached to an aromatic ring is 1. The second-order valence-electron chi connectivity index (χ2n) is 3.21. The number of anilines is 1. The van der Waals surface area contributed by atoms with Crippen molar-refractivity contribution in [3.05, 3.63) is 11.1 Å². The summed E-state index contributed by atoms with van der Waals surface area (Å²) in [6.45, 7) is 0. The minimum atomic E-state index is -0.817. The number of thiazole rings is 1. The van der Waals surface area contributed by atoms with Gasteiger partial charge in [0.2, 0.25) is 11.8 Å². The van der Waals surface area contributed by atoms with Crippen molar-refractivity contribution < 1.29 is 14.4 Å². The smallest absolute Gasteiger partial charge is 0.271 e. The van der Waals surface area contributed by atoms with Gasteiger partial charge >= 0.3 is 0 Å². The number of amides is 3. The fraction of sp³-hybridized carbons (Fsp3) is 0.250. The van der Waals surface area contributed by atoms with Gasteiger partial charge in [-0.25, -0.2) is 4.98 Å². The Bertz CT molecular complexity index is 470. The molecule has 0 bridgehead atoms. The molecule has 0 aromatic carbocycles. The summed E-state index contributed by atoms with van der Waals surface area (Å²) < 4.78 is 0. The molecular formula is C8H8N4O3S. The van der Waals surface area contributed by atoms with E-state index in [0.717, 1.165) is 11.3 Å². The minimum Gasteiger partial charge on any atom is -0.375 e. The number of nitrogens with one attached hydrogen (secondary N) is 2. The Kier molecular flexibility index (Phi) is 2.57. The summed E-state index contributed by atoms with van der Waals surface area (Å²) in [4.78, 5) is 37.4. The number of carbonyl (C=O) groups excluding carboxylic acids is 3. The highest BCUT2D eigenvalue weighted by Crippen LogP contribution is 2.11. The predicted molar refractivity (Wildman–Crippen MR) is 55.5 cm³/mol. The van der Waals surface area contributed by atoms with Gasteiger partial charge in [0, 0.05) is 5.38 Å². The zero-order valence-corrected chi connectivity index (χ0v) is 8.84. The Labute approximate surface area is 94.0 Å². The van der Waals surface area contributed by atoms with E-state index in [9.17, 15) is 14.4 Å². The second kappa shape index (κ2) is 3.89. The van der Waals surface area contributed by atoms with Gasteiger partial charge in [-0.1, -0.05) is 0 Å². The molecule has 0 spiro atoms. The Morgan fingerprint density at radius 2 is 2.38 bits per heavy atom. The molecule has 8 heteroatoms. The standard InChI is InChI=1S/C8H8N4O3S/c9-8-11-4(2-16-8)7(15)10-3-1-5(13)12-6(3)14/h2-3H,1H2,(H2,9,11)(H,10,15)(H,12,13,14). The average molecular weight is 240 g/mol. The molecule has 0 radical (unpaired) electrons. The molecule has 16 heavy (non-hydrogen) atoms. The van der Waals surface area contributed by atoms with Gasteiger partial charge in [-0.15, -0.1) is 11.3 Å². The summed E-state index contributed by atoms with van der Waals surface area (Å²) in [5.74, 6) is -1.41. The molecule has 1 aliphatic heterocycles. The molecule has 2 heterocycles. The van der Waals surface area contributed by atoms with E-state index < -0.39 is 23.8 Å². The summed E-state index contributed by atoms with van der Waals surface area (Å²) in [6, 6.07) is -0.817. The van der Waals surface area contributed by atoms with Crippen molar-refractivity contribution in [1.29, 1.82) is 0 Å². The fourth-order valence-electron chi connectivity index (χ4n) is 1.29. The first kappa shape index (κ1) is 10.6. The largest absolute Gasteiger partial charge is 0.375 e. The zero-order valence-electron chi connectivity index (χ0n) is 8.02. The Morgan fingerprint density at radius 1 is 1.62 bits per heavy atom. The lowest BCUT2D eigenvalue weighted by Gasteiger charge is -2.06. The van der Waals surface area contributed by atoms with E-state index in [1.165, 1.54) is 5.38 Å². The van der Waals surface area contributed by atoms with Crippen molar-refractivity contribution >= 4 is 34.2 Å². The first-order valence-electron chi connectivity index (χ1n) is 4.42. The van der Waals surface area contributed by atoms with E-state index in [2.05, 4.69) is 15.6 Å². The molecule has 1 fully saturated rings. The number of imide groups is 1. The number of rotatable bonds is 2. The third-order valence-corrected chi connectivity index (χ3v) is 2.70. The highest BCUT2D eigenvalue weighted by molar-refractivity contribution is 7.13. The third-order valence-electron chi connectivity index (χ3n) is 2.03. The van der Waals surface area contributed by atoms with Gasteiger partial charge in [-0.05, 0) is 0 Å². The lowest BCUT2D eigenvalue weighted by atomic mass is 10.2. The maximum absolute atomic E-state index is 11.6. The molecule has 7 nitrogen and oxygen atoms in total. The SMILES string of the molecule is Nc1nc(C(=O)NC2CC(=O)NC2=O)cs1. The fourth-order valence-corrected chi connectivity index (χ4v) is 1.84. The quantitative estimate of drug-likeness (QED) is 0.566. The van der Waals surface area contributed by atoms with Crippen LogP contribution in [0.2, 0.25) is 0 Å². The van der Waals surface area contributed by atoms with E-state index in [4.69, 9.17) is 5.73 Å². The van der Waals surface area contributed by atoms with Crippen LogP contribution in [-0.2, 0) is 9.59 Å². The normalized spacial score (nSPS) is 19.6. The molecule has 1 aromatic heterocycles. The summed E-state index contributed by atoms with van der Waals surface area (Å²) in [5.41, 5.74) is 5.52. The molecule has 1 aliphatic rings. The van der Waals surface area contributed by atoms with Crippen LogP contribution in [0.1, 0.15) is 16.9 Å². The van der Waals surface area contributed by atoms with Gasteiger partial charge in [-0.3, -0.25) is 19.7 Å². The average Bonchev–Trinajstić information content (AvgIpc) is 2.74. The summed E-state index contributed by atoms with van der Waals surface area (Å²) in [5, 5.41) is 6.26. The summed E-state index contributed by atoms with van der Waals surface area (Å²) in [7, 11) is 0. The molecule has 1 saturated heterocycles. The van der Waals surface area contributed by atoms with Crippen molar-refractivity contribution in [2.24, 2.45) is 0 Å². The molecule has 1 unspecified atom stereocenters. The van der Waals surface area contributed by atoms with Gasteiger partial charge in [0.1, 0.15) is 11.7 Å². The first-order chi connectivity index (χ1) is 7.56. The molecule has 1 atom stereocenters. The Morgan fingerprint density at radius 3 is 2.88 bits per heavy atom. The summed E-state index contributed by atoms with van der Waals surface area (Å²) in [6.07, 6.45) is -0.0375. The zero-order chi connectivity index (χ0) is 11.7. The first-order valence-corrected chi connectivity index (χ1v) is 5.30. The molecule has 3 amide bonds. The number of aromatic nitrogens is 1. The van der Waals surface area contributed by atoms with E-state index in [1.54, 1.807) is 0 Å². The van der Waals surface area contributed by atoms with E-state index in [1.807, 2.05) is 0 Å². The number of hydrogen-bond donors (Lipinski definition) is 3. The van der Waals surface area contributed by atoms with E-state index in [0.29, 0.717) is 0 Å². The monoisotopic (exact) mass is 240 g/mol. The number of nitrogens with two attached hydrogens (primary N) is 1. The van der Waals surface area contributed by atoms with Crippen LogP contribution in [0.25, 0.3) is 0 Å². The predicted octanol–water partition coefficient (Wildman–Crippen LogP) is -1.13. The Balaban J connectivity index is 2.03. The van der Waals surface area contributed by atoms with Crippen LogP contribution in [0.3, 0.4) is 0 Å². The maximum atomic E-state index is 11.6. The van der Waals surface area contributed by atoms with Crippen molar-refractivity contribution in [2.75, 3.05) is 5.73 Å². The topological polar surface area (TPSA) is 114 Å². The molecule has 2 rings (SSSR count). The molecular weight excluding hydrogens is 232 g/mol. The third kappa shape index (κ3) is 2.01. The second-order valence-corrected chi connectivity index (χ2v) is 4.10. The minimum absolute atomic E-state index is 0.0375. The molecule has 84 valence electrons. The van der Waals surface area contributed by atoms with E-state index >= 15 is 0 Å². The maximum Gasteiger partial charge on any atom is 0.271 e. The number of nitrogens with zero attached hydrogens (tertiary/aromatic N) is 1. The lowest BCUT2D eigenvalue weighted by Crippen LogP contribution is -2.40. The summed E-state index contributed by atoms with van der Waals surface area (Å²) >= 11 is 1.13. The number of carbonyl (C=O) groups is 3. The molecule has 1 aromatic rings. The van der Waals surface area contributed by atoms with Gasteiger partial charge in [-0.2, -0.15) is 0 Å². The van der Waals surface area contributed by atoms with Crippen molar-refractivity contribution in [3.63, 3.8) is 0 Å². The van der Waals surface area contributed by atoms with Gasteiger partial charge in [0.05, 0.1) is 6.42 Å². The van der Waals surface area contributed by atoms with Gasteiger partial charge in [0.25, 0.3) is 5.91 Å². The van der Waals surface area contributed by atoms with Crippen LogP contribution in [0.5, 0.6) is 0 Å². The number of hydrogen-bond acceptors (Lipinski definition) is 6. The van der Waals surface area contributed by atoms with Crippen LogP contribution < -0.4 is 16.4 Å². The van der Waals surface area contributed by atoms with Crippen molar-refractivity contribution in [1.82, 2.24) is 15.6 Å².